The number of nitrogens with two attached hydrogens (primary N) is 1. The van der Waals surface area contributed by atoms with Crippen LogP contribution in [0, 0.1) is 5.41 Å². The van der Waals surface area contributed by atoms with Gasteiger partial charge in [-0.2, -0.15) is 0 Å². The summed E-state index contributed by atoms with van der Waals surface area (Å²) in [5.41, 5.74) is 5.75. The molecule has 80 valence electrons. The zero-order chi connectivity index (χ0) is 11.3. The summed E-state index contributed by atoms with van der Waals surface area (Å²) in [4.78, 5) is 11.2. The van der Waals surface area contributed by atoms with Crippen molar-refractivity contribution in [2.75, 3.05) is 12.4 Å². The molecule has 1 aromatic carbocycles. The highest BCUT2D eigenvalue weighted by Crippen LogP contribution is 2.14. The maximum atomic E-state index is 11.2. The summed E-state index contributed by atoms with van der Waals surface area (Å²) >= 11 is 0. The van der Waals surface area contributed by atoms with Gasteiger partial charge < -0.3 is 15.8 Å². The largest absolute Gasteiger partial charge is 0.497 e. The zero-order valence-corrected chi connectivity index (χ0v) is 8.41. The zero-order valence-electron chi connectivity index (χ0n) is 8.41. The molecular formula is C10H13N3O2. The molecule has 0 aliphatic carbocycles. The summed E-state index contributed by atoms with van der Waals surface area (Å²) in [6.45, 7) is 0. The van der Waals surface area contributed by atoms with Gasteiger partial charge in [-0.05, 0) is 24.3 Å². The van der Waals surface area contributed by atoms with Crippen molar-refractivity contribution in [2.45, 2.75) is 6.42 Å². The Morgan fingerprint density at radius 2 is 2.07 bits per heavy atom. The predicted molar refractivity (Wildman–Crippen MR) is 58.2 cm³/mol. The highest BCUT2D eigenvalue weighted by Gasteiger charge is 2.03. The van der Waals surface area contributed by atoms with Gasteiger partial charge in [-0.25, -0.2) is 0 Å². The molecule has 5 heteroatoms. The van der Waals surface area contributed by atoms with Crippen LogP contribution in [0.5, 0.6) is 5.75 Å². The molecule has 1 rings (SSSR count). The molecule has 0 fully saturated rings. The first-order valence-corrected chi connectivity index (χ1v) is 4.38. The van der Waals surface area contributed by atoms with Crippen molar-refractivity contribution in [3.63, 3.8) is 0 Å². The second kappa shape index (κ2) is 4.99. The van der Waals surface area contributed by atoms with Crippen LogP contribution in [-0.2, 0) is 4.79 Å². The quantitative estimate of drug-likeness (QED) is 0.507. The van der Waals surface area contributed by atoms with Gasteiger partial charge in [0, 0.05) is 5.69 Å². The lowest BCUT2D eigenvalue weighted by molar-refractivity contribution is -0.115. The van der Waals surface area contributed by atoms with Crippen LogP contribution in [0.3, 0.4) is 0 Å². The van der Waals surface area contributed by atoms with Gasteiger partial charge >= 0.3 is 0 Å². The van der Waals surface area contributed by atoms with E-state index in [2.05, 4.69) is 5.32 Å². The van der Waals surface area contributed by atoms with Gasteiger partial charge in [0.2, 0.25) is 5.91 Å². The average Bonchev–Trinajstić information content (AvgIpc) is 2.17. The van der Waals surface area contributed by atoms with E-state index in [9.17, 15) is 4.79 Å². The molecule has 4 N–H and O–H groups in total. The van der Waals surface area contributed by atoms with Crippen molar-refractivity contribution >= 4 is 17.4 Å². The molecular weight excluding hydrogens is 194 g/mol. The maximum Gasteiger partial charge on any atom is 0.231 e. The smallest absolute Gasteiger partial charge is 0.231 e. The molecule has 0 spiro atoms. The van der Waals surface area contributed by atoms with E-state index in [4.69, 9.17) is 15.9 Å². The molecule has 0 saturated carbocycles. The Morgan fingerprint density at radius 3 is 2.53 bits per heavy atom. The second-order valence-electron chi connectivity index (χ2n) is 2.98. The van der Waals surface area contributed by atoms with Gasteiger partial charge in [0.25, 0.3) is 0 Å². The van der Waals surface area contributed by atoms with Gasteiger partial charge in [-0.1, -0.05) is 0 Å². The van der Waals surface area contributed by atoms with Crippen LogP contribution < -0.4 is 15.8 Å². The standard InChI is InChI=1S/C10H13N3O2/c1-15-8-4-2-7(3-5-8)13-10(14)6-9(11)12/h2-5H,6H2,1H3,(H3,11,12)(H,13,14). The van der Waals surface area contributed by atoms with Crippen LogP contribution in [0.1, 0.15) is 6.42 Å². The van der Waals surface area contributed by atoms with Crippen LogP contribution in [0.2, 0.25) is 0 Å². The first-order valence-electron chi connectivity index (χ1n) is 4.38. The minimum Gasteiger partial charge on any atom is -0.497 e. The second-order valence-corrected chi connectivity index (χ2v) is 2.98. The van der Waals surface area contributed by atoms with Crippen LogP contribution in [0.25, 0.3) is 0 Å². The minimum absolute atomic E-state index is 0.0912. The van der Waals surface area contributed by atoms with Crippen LogP contribution in [-0.4, -0.2) is 18.9 Å². The lowest BCUT2D eigenvalue weighted by atomic mass is 10.3. The summed E-state index contributed by atoms with van der Waals surface area (Å²) in [5, 5.41) is 9.56. The molecule has 0 bridgehead atoms. The molecule has 15 heavy (non-hydrogen) atoms. The lowest BCUT2D eigenvalue weighted by Crippen LogP contribution is -2.20. The molecule has 0 unspecified atom stereocenters. The number of rotatable bonds is 4. The van der Waals surface area contributed by atoms with Crippen molar-refractivity contribution < 1.29 is 9.53 Å². The molecule has 5 nitrogen and oxygen atoms in total. The fourth-order valence-electron chi connectivity index (χ4n) is 1.05. The van der Waals surface area contributed by atoms with E-state index in [1.807, 2.05) is 0 Å². The Labute approximate surface area is 87.7 Å². The normalized spacial score (nSPS) is 9.40. The molecule has 0 aliphatic rings. The number of carbonyl (C=O) groups is 1. The fraction of sp³-hybridized carbons (Fsp3) is 0.200. The number of nitrogens with one attached hydrogen (secondary N) is 2. The summed E-state index contributed by atoms with van der Waals surface area (Å²) < 4.78 is 4.97. The van der Waals surface area contributed by atoms with E-state index >= 15 is 0 Å². The van der Waals surface area contributed by atoms with E-state index in [-0.39, 0.29) is 18.2 Å². The van der Waals surface area contributed by atoms with Crippen LogP contribution in [0.4, 0.5) is 5.69 Å². The number of methoxy groups -OCH3 is 1. The lowest BCUT2D eigenvalue weighted by Gasteiger charge is -2.05. The van der Waals surface area contributed by atoms with E-state index in [1.165, 1.54) is 0 Å². The third-order valence-electron chi connectivity index (χ3n) is 1.72. The third kappa shape index (κ3) is 3.68. The van der Waals surface area contributed by atoms with Crippen LogP contribution >= 0.6 is 0 Å². The number of amides is 1. The molecule has 1 amide bonds. The summed E-state index contributed by atoms with van der Waals surface area (Å²) in [6, 6.07) is 6.92. The number of anilines is 1. The first kappa shape index (κ1) is 11.0. The van der Waals surface area contributed by atoms with E-state index in [0.29, 0.717) is 5.69 Å². The minimum atomic E-state index is -0.298. The average molecular weight is 207 g/mol. The molecule has 0 aromatic heterocycles. The van der Waals surface area contributed by atoms with Crippen molar-refractivity contribution in [3.8, 4) is 5.75 Å². The summed E-state index contributed by atoms with van der Waals surface area (Å²) in [5.74, 6) is 0.272. The van der Waals surface area contributed by atoms with Gasteiger partial charge in [-0.3, -0.25) is 10.2 Å². The predicted octanol–water partition coefficient (Wildman–Crippen LogP) is 0.960. The Kier molecular flexibility index (Phi) is 3.68. The Morgan fingerprint density at radius 1 is 1.47 bits per heavy atom. The SMILES string of the molecule is COc1ccc(NC(=O)CC(=N)N)cc1. The number of hydrogen-bond donors (Lipinski definition) is 3. The molecule has 0 atom stereocenters. The maximum absolute atomic E-state index is 11.2. The summed E-state index contributed by atoms with van der Waals surface area (Å²) in [7, 11) is 1.57. The molecule has 1 aromatic rings. The van der Waals surface area contributed by atoms with Crippen molar-refractivity contribution in [2.24, 2.45) is 5.73 Å². The Balaban J connectivity index is 2.57. The number of carbonyl (C=O) groups excluding carboxylic acids is 1. The number of ether oxygens (including phenoxy) is 1. The van der Waals surface area contributed by atoms with Gasteiger partial charge in [-0.15, -0.1) is 0 Å². The van der Waals surface area contributed by atoms with Gasteiger partial charge in [0.05, 0.1) is 13.5 Å². The molecule has 0 saturated heterocycles. The first-order chi connectivity index (χ1) is 7.11. The van der Waals surface area contributed by atoms with Crippen molar-refractivity contribution in [1.29, 1.82) is 5.41 Å². The van der Waals surface area contributed by atoms with Crippen molar-refractivity contribution in [1.82, 2.24) is 0 Å². The number of hydrogen-bond acceptors (Lipinski definition) is 3. The van der Waals surface area contributed by atoms with Crippen LogP contribution in [0.15, 0.2) is 24.3 Å². The highest BCUT2D eigenvalue weighted by molar-refractivity contribution is 6.03. The van der Waals surface area contributed by atoms with Gasteiger partial charge in [0.15, 0.2) is 0 Å². The topological polar surface area (TPSA) is 88.2 Å². The highest BCUT2D eigenvalue weighted by atomic mass is 16.5. The fourth-order valence-corrected chi connectivity index (χ4v) is 1.05. The van der Waals surface area contributed by atoms with E-state index < -0.39 is 0 Å². The van der Waals surface area contributed by atoms with Crippen molar-refractivity contribution in [3.05, 3.63) is 24.3 Å². The number of benzene rings is 1. The Bertz CT molecular complexity index is 359. The molecule has 0 radical (unpaired) electrons. The van der Waals surface area contributed by atoms with E-state index in [0.717, 1.165) is 5.75 Å². The third-order valence-corrected chi connectivity index (χ3v) is 1.72. The van der Waals surface area contributed by atoms with E-state index in [1.54, 1.807) is 31.4 Å². The molecule has 0 aliphatic heterocycles. The number of amidine groups is 1. The monoisotopic (exact) mass is 207 g/mol. The summed E-state index contributed by atoms with van der Waals surface area (Å²) in [6.07, 6.45) is -0.0912. The molecule has 0 heterocycles. The van der Waals surface area contributed by atoms with Gasteiger partial charge in [0.1, 0.15) is 11.6 Å². The Hall–Kier alpha value is -2.04.